The second-order valence-corrected chi connectivity index (χ2v) is 9.44. The van der Waals surface area contributed by atoms with E-state index in [-0.39, 0.29) is 11.5 Å². The fourth-order valence-electron chi connectivity index (χ4n) is 5.88. The predicted octanol–water partition coefficient (Wildman–Crippen LogP) is 2.39. The zero-order valence-electron chi connectivity index (χ0n) is 18.0. The molecular weight excluding hydrogens is 378 g/mol. The Kier molecular flexibility index (Phi) is 5.98. The molecule has 1 amide bonds. The minimum Gasteiger partial charge on any atom is -0.487 e. The fraction of sp³-hybridized carbons (Fsp3) is 0.708. The molecule has 0 saturated carbocycles. The summed E-state index contributed by atoms with van der Waals surface area (Å²) >= 11 is 0. The number of rotatable bonds is 3. The standard InChI is InChI=1S/C24H35N3O3/c28-23(27-11-5-20(6-12-27)26-13-15-29-16-14-26)17-19-18-24(7-9-25-10-8-24)30-22-4-2-1-3-21(19)22/h1-4,19-20,25H,5-18H2/t19-/m1/s1. The molecule has 0 unspecified atom stereocenters. The summed E-state index contributed by atoms with van der Waals surface area (Å²) in [5.41, 5.74) is 1.12. The number of likely N-dealkylation sites (tertiary alicyclic amines) is 1. The van der Waals surface area contributed by atoms with E-state index in [0.29, 0.717) is 18.4 Å². The molecule has 0 radical (unpaired) electrons. The molecule has 1 N–H and O–H groups in total. The van der Waals surface area contributed by atoms with Crippen molar-refractivity contribution >= 4 is 5.91 Å². The highest BCUT2D eigenvalue weighted by Gasteiger charge is 2.42. The molecule has 5 rings (SSSR count). The van der Waals surface area contributed by atoms with Crippen molar-refractivity contribution in [2.75, 3.05) is 52.5 Å². The zero-order valence-corrected chi connectivity index (χ0v) is 18.0. The number of carbonyl (C=O) groups excluding carboxylic acids is 1. The Balaban J connectivity index is 1.23. The molecule has 3 saturated heterocycles. The maximum absolute atomic E-state index is 13.3. The van der Waals surface area contributed by atoms with Gasteiger partial charge < -0.3 is 19.7 Å². The molecule has 1 aromatic rings. The second kappa shape index (κ2) is 8.85. The summed E-state index contributed by atoms with van der Waals surface area (Å²) in [6, 6.07) is 8.98. The number of ether oxygens (including phenoxy) is 2. The highest BCUT2D eigenvalue weighted by atomic mass is 16.5. The molecule has 0 aromatic heterocycles. The van der Waals surface area contributed by atoms with Gasteiger partial charge in [0.15, 0.2) is 0 Å². The summed E-state index contributed by atoms with van der Waals surface area (Å²) < 4.78 is 12.0. The average Bonchev–Trinajstić information content (AvgIpc) is 2.80. The fourth-order valence-corrected chi connectivity index (χ4v) is 5.88. The van der Waals surface area contributed by atoms with E-state index in [9.17, 15) is 4.79 Å². The van der Waals surface area contributed by atoms with E-state index in [1.807, 2.05) is 6.07 Å². The highest BCUT2D eigenvalue weighted by Crippen LogP contribution is 2.46. The van der Waals surface area contributed by atoms with E-state index in [4.69, 9.17) is 9.47 Å². The van der Waals surface area contributed by atoms with Gasteiger partial charge in [0, 0.05) is 44.6 Å². The third kappa shape index (κ3) is 4.23. The van der Waals surface area contributed by atoms with E-state index in [0.717, 1.165) is 90.3 Å². The Labute approximate surface area is 179 Å². The Morgan fingerprint density at radius 2 is 1.80 bits per heavy atom. The molecule has 4 heterocycles. The van der Waals surface area contributed by atoms with Crippen molar-refractivity contribution in [1.29, 1.82) is 0 Å². The van der Waals surface area contributed by atoms with Gasteiger partial charge in [-0.05, 0) is 56.8 Å². The minimum absolute atomic E-state index is 0.103. The molecular formula is C24H35N3O3. The van der Waals surface area contributed by atoms with E-state index >= 15 is 0 Å². The topological polar surface area (TPSA) is 54.0 Å². The molecule has 0 aliphatic carbocycles. The van der Waals surface area contributed by atoms with Crippen LogP contribution in [0.5, 0.6) is 5.75 Å². The van der Waals surface area contributed by atoms with Crippen molar-refractivity contribution in [2.24, 2.45) is 0 Å². The van der Waals surface area contributed by atoms with Crippen LogP contribution in [0.1, 0.15) is 50.0 Å². The van der Waals surface area contributed by atoms with Crippen LogP contribution in [0.3, 0.4) is 0 Å². The Bertz CT molecular complexity index is 735. The maximum Gasteiger partial charge on any atom is 0.223 e. The Hall–Kier alpha value is -1.63. The second-order valence-electron chi connectivity index (χ2n) is 9.44. The first kappa shape index (κ1) is 20.3. The third-order valence-electron chi connectivity index (χ3n) is 7.62. The number of fused-ring (bicyclic) bond motifs is 1. The molecule has 6 nitrogen and oxygen atoms in total. The lowest BCUT2D eigenvalue weighted by atomic mass is 9.76. The number of nitrogens with zero attached hydrogens (tertiary/aromatic N) is 2. The lowest BCUT2D eigenvalue weighted by Gasteiger charge is -2.45. The van der Waals surface area contributed by atoms with E-state index in [1.54, 1.807) is 0 Å². The lowest BCUT2D eigenvalue weighted by Crippen LogP contribution is -2.51. The van der Waals surface area contributed by atoms with Gasteiger partial charge in [-0.1, -0.05) is 18.2 Å². The summed E-state index contributed by atoms with van der Waals surface area (Å²) in [5, 5.41) is 3.45. The van der Waals surface area contributed by atoms with Gasteiger partial charge in [-0.2, -0.15) is 0 Å². The minimum atomic E-state index is -0.103. The van der Waals surface area contributed by atoms with Crippen LogP contribution < -0.4 is 10.1 Å². The van der Waals surface area contributed by atoms with Crippen molar-refractivity contribution < 1.29 is 14.3 Å². The number of para-hydroxylation sites is 1. The van der Waals surface area contributed by atoms with Crippen LogP contribution in [0.2, 0.25) is 0 Å². The van der Waals surface area contributed by atoms with E-state index in [1.165, 1.54) is 5.56 Å². The van der Waals surface area contributed by atoms with Gasteiger partial charge in [0.25, 0.3) is 0 Å². The van der Waals surface area contributed by atoms with Gasteiger partial charge in [-0.15, -0.1) is 0 Å². The first-order chi connectivity index (χ1) is 14.7. The van der Waals surface area contributed by atoms with Crippen LogP contribution in [0.4, 0.5) is 0 Å². The summed E-state index contributed by atoms with van der Waals surface area (Å²) in [6.45, 7) is 7.54. The van der Waals surface area contributed by atoms with Gasteiger partial charge in [0.1, 0.15) is 11.4 Å². The van der Waals surface area contributed by atoms with Crippen LogP contribution in [0.15, 0.2) is 24.3 Å². The third-order valence-corrected chi connectivity index (χ3v) is 7.62. The first-order valence-electron chi connectivity index (χ1n) is 11.8. The van der Waals surface area contributed by atoms with Gasteiger partial charge in [0.2, 0.25) is 5.91 Å². The molecule has 1 atom stereocenters. The van der Waals surface area contributed by atoms with Crippen LogP contribution in [-0.4, -0.2) is 79.8 Å². The summed E-state index contributed by atoms with van der Waals surface area (Å²) in [4.78, 5) is 17.9. The number of amides is 1. The summed E-state index contributed by atoms with van der Waals surface area (Å²) in [6.07, 6.45) is 5.80. The maximum atomic E-state index is 13.3. The Morgan fingerprint density at radius 1 is 1.07 bits per heavy atom. The largest absolute Gasteiger partial charge is 0.487 e. The monoisotopic (exact) mass is 413 g/mol. The molecule has 6 heteroatoms. The van der Waals surface area contributed by atoms with Crippen LogP contribution >= 0.6 is 0 Å². The normalized spacial score (nSPS) is 27.5. The van der Waals surface area contributed by atoms with Gasteiger partial charge in [-0.25, -0.2) is 0 Å². The number of hydrogen-bond donors (Lipinski definition) is 1. The van der Waals surface area contributed by atoms with Crippen molar-refractivity contribution in [2.45, 2.75) is 56.1 Å². The molecule has 3 fully saturated rings. The summed E-state index contributed by atoms with van der Waals surface area (Å²) in [5.74, 6) is 1.58. The lowest BCUT2D eigenvalue weighted by molar-refractivity contribution is -0.134. The molecule has 0 bridgehead atoms. The molecule has 1 aromatic carbocycles. The number of benzene rings is 1. The van der Waals surface area contributed by atoms with Crippen LogP contribution in [0.25, 0.3) is 0 Å². The van der Waals surface area contributed by atoms with Crippen molar-refractivity contribution in [3.05, 3.63) is 29.8 Å². The molecule has 1 spiro atoms. The SMILES string of the molecule is O=C(C[C@@H]1CC2(CCNCC2)Oc2ccccc21)N1CCC(N2CCOCC2)CC1. The molecule has 164 valence electrons. The van der Waals surface area contributed by atoms with Crippen LogP contribution in [-0.2, 0) is 9.53 Å². The number of piperidine rings is 2. The predicted molar refractivity (Wildman–Crippen MR) is 116 cm³/mol. The van der Waals surface area contributed by atoms with Crippen molar-refractivity contribution in [1.82, 2.24) is 15.1 Å². The summed E-state index contributed by atoms with van der Waals surface area (Å²) in [7, 11) is 0. The number of morpholine rings is 1. The first-order valence-corrected chi connectivity index (χ1v) is 11.8. The van der Waals surface area contributed by atoms with Crippen molar-refractivity contribution in [3.63, 3.8) is 0 Å². The number of hydrogen-bond acceptors (Lipinski definition) is 5. The zero-order chi connectivity index (χ0) is 20.4. The highest BCUT2D eigenvalue weighted by molar-refractivity contribution is 5.77. The molecule has 4 aliphatic rings. The van der Waals surface area contributed by atoms with Gasteiger partial charge >= 0.3 is 0 Å². The quantitative estimate of drug-likeness (QED) is 0.825. The smallest absolute Gasteiger partial charge is 0.223 e. The van der Waals surface area contributed by atoms with E-state index < -0.39 is 0 Å². The molecule has 30 heavy (non-hydrogen) atoms. The Morgan fingerprint density at radius 3 is 2.57 bits per heavy atom. The van der Waals surface area contributed by atoms with Gasteiger partial charge in [-0.3, -0.25) is 9.69 Å². The molecule has 4 aliphatic heterocycles. The average molecular weight is 414 g/mol. The number of carbonyl (C=O) groups is 1. The van der Waals surface area contributed by atoms with Crippen LogP contribution in [0, 0.1) is 0 Å². The van der Waals surface area contributed by atoms with E-state index in [2.05, 4.69) is 33.3 Å². The number of nitrogens with one attached hydrogen (secondary N) is 1. The van der Waals surface area contributed by atoms with Crippen molar-refractivity contribution in [3.8, 4) is 5.75 Å². The van der Waals surface area contributed by atoms with Gasteiger partial charge in [0.05, 0.1) is 13.2 Å².